The number of aliphatic hydroxyl groups is 1. The van der Waals surface area contributed by atoms with Crippen molar-refractivity contribution >= 4 is 39.1 Å². The van der Waals surface area contributed by atoms with Crippen LogP contribution in [0.15, 0.2) is 34.8 Å². The van der Waals surface area contributed by atoms with E-state index in [-0.39, 0.29) is 0 Å². The summed E-state index contributed by atoms with van der Waals surface area (Å²) in [4.78, 5) is 0. The monoisotopic (exact) mass is 386 g/mol. The topological polar surface area (TPSA) is 29.5 Å². The smallest absolute Gasteiger partial charge is 0.125 e. The van der Waals surface area contributed by atoms with Gasteiger partial charge in [0, 0.05) is 17.3 Å². The van der Waals surface area contributed by atoms with E-state index < -0.39 is 6.10 Å². The van der Waals surface area contributed by atoms with Gasteiger partial charge in [-0.2, -0.15) is 0 Å². The fourth-order valence-electron chi connectivity index (χ4n) is 2.54. The van der Waals surface area contributed by atoms with Crippen molar-refractivity contribution in [1.29, 1.82) is 0 Å². The van der Waals surface area contributed by atoms with E-state index in [1.54, 1.807) is 18.2 Å². The highest BCUT2D eigenvalue weighted by atomic mass is 79.9. The Morgan fingerprint density at radius 2 is 2.00 bits per heavy atom. The van der Waals surface area contributed by atoms with Crippen LogP contribution in [0.5, 0.6) is 5.75 Å². The minimum absolute atomic E-state index is 0.448. The van der Waals surface area contributed by atoms with Gasteiger partial charge in [-0.3, -0.25) is 0 Å². The normalized spacial score (nSPS) is 14.7. The third-order valence-corrected chi connectivity index (χ3v) is 4.76. The van der Waals surface area contributed by atoms with Crippen LogP contribution in [0.3, 0.4) is 0 Å². The first-order valence-electron chi connectivity index (χ1n) is 6.61. The highest BCUT2D eigenvalue weighted by Crippen LogP contribution is 2.36. The van der Waals surface area contributed by atoms with Crippen molar-refractivity contribution in [3.8, 4) is 5.75 Å². The van der Waals surface area contributed by atoms with Gasteiger partial charge in [-0.15, -0.1) is 0 Å². The molecule has 0 aromatic heterocycles. The number of hydrogen-bond acceptors (Lipinski definition) is 2. The van der Waals surface area contributed by atoms with Gasteiger partial charge >= 0.3 is 0 Å². The first kappa shape index (κ1) is 15.2. The van der Waals surface area contributed by atoms with E-state index in [0.29, 0.717) is 23.1 Å². The maximum Gasteiger partial charge on any atom is 0.125 e. The second-order valence-electron chi connectivity index (χ2n) is 5.05. The highest BCUT2D eigenvalue weighted by Gasteiger charge is 2.20. The molecule has 0 spiro atoms. The van der Waals surface area contributed by atoms with Crippen LogP contribution in [0.2, 0.25) is 10.0 Å². The molecule has 0 aliphatic carbocycles. The van der Waals surface area contributed by atoms with Crippen LogP contribution < -0.4 is 4.74 Å². The van der Waals surface area contributed by atoms with Gasteiger partial charge in [0.2, 0.25) is 0 Å². The number of ether oxygens (including phenoxy) is 1. The molecular weight excluding hydrogens is 375 g/mol. The minimum Gasteiger partial charge on any atom is -0.493 e. The Hall–Kier alpha value is -0.740. The third kappa shape index (κ3) is 3.21. The molecule has 1 N–H and O–H groups in total. The maximum atomic E-state index is 10.4. The van der Waals surface area contributed by atoms with Crippen molar-refractivity contribution in [2.45, 2.75) is 18.9 Å². The molecule has 0 saturated heterocycles. The summed E-state index contributed by atoms with van der Waals surface area (Å²) < 4.78 is 6.69. The van der Waals surface area contributed by atoms with E-state index in [1.807, 2.05) is 6.07 Å². The molecule has 2 aromatic carbocycles. The number of halogens is 3. The molecule has 2 nitrogen and oxygen atoms in total. The second-order valence-corrected chi connectivity index (χ2v) is 6.78. The summed E-state index contributed by atoms with van der Waals surface area (Å²) in [5.74, 6) is 0.900. The van der Waals surface area contributed by atoms with Gasteiger partial charge in [0.1, 0.15) is 5.75 Å². The van der Waals surface area contributed by atoms with Gasteiger partial charge in [0.25, 0.3) is 0 Å². The Bertz CT molecular complexity index is 688. The molecule has 21 heavy (non-hydrogen) atoms. The summed E-state index contributed by atoms with van der Waals surface area (Å²) in [6.45, 7) is 0.696. The molecule has 2 aromatic rings. The lowest BCUT2D eigenvalue weighted by Gasteiger charge is -2.15. The van der Waals surface area contributed by atoms with E-state index >= 15 is 0 Å². The fraction of sp³-hybridized carbons (Fsp3) is 0.250. The molecule has 0 radical (unpaired) electrons. The van der Waals surface area contributed by atoms with Crippen LogP contribution in [0.25, 0.3) is 0 Å². The molecule has 5 heteroatoms. The zero-order valence-electron chi connectivity index (χ0n) is 11.1. The predicted octanol–water partition coefficient (Wildman–Crippen LogP) is 4.97. The Labute approximate surface area is 141 Å². The van der Waals surface area contributed by atoms with Crippen molar-refractivity contribution < 1.29 is 9.84 Å². The first-order chi connectivity index (χ1) is 10.0. The zero-order chi connectivity index (χ0) is 15.0. The van der Waals surface area contributed by atoms with E-state index in [0.717, 1.165) is 27.8 Å². The lowest BCUT2D eigenvalue weighted by Crippen LogP contribution is -2.03. The molecule has 1 aliphatic rings. The molecule has 0 saturated carbocycles. The van der Waals surface area contributed by atoms with Gasteiger partial charge in [-0.1, -0.05) is 45.2 Å². The quantitative estimate of drug-likeness (QED) is 0.805. The lowest BCUT2D eigenvalue weighted by atomic mass is 9.99. The standard InChI is InChI=1S/C16H13BrCl2O2/c17-12-5-10-3-4-21-16(10)11(6-12)8-15(20)9-1-2-13(18)14(19)7-9/h1-2,5-7,15,20H,3-4,8H2. The van der Waals surface area contributed by atoms with Gasteiger partial charge < -0.3 is 9.84 Å². The minimum atomic E-state index is -0.651. The maximum absolute atomic E-state index is 10.4. The predicted molar refractivity (Wildman–Crippen MR) is 88.5 cm³/mol. The zero-order valence-corrected chi connectivity index (χ0v) is 14.2. The van der Waals surface area contributed by atoms with Crippen LogP contribution in [0.1, 0.15) is 22.8 Å². The largest absolute Gasteiger partial charge is 0.493 e. The number of benzene rings is 2. The summed E-state index contributed by atoms with van der Waals surface area (Å²) in [6, 6.07) is 9.25. The summed E-state index contributed by atoms with van der Waals surface area (Å²) in [5.41, 5.74) is 2.92. The molecule has 1 unspecified atom stereocenters. The second kappa shape index (κ2) is 6.17. The molecule has 1 heterocycles. The summed E-state index contributed by atoms with van der Waals surface area (Å²) in [7, 11) is 0. The summed E-state index contributed by atoms with van der Waals surface area (Å²) in [5, 5.41) is 11.4. The van der Waals surface area contributed by atoms with Crippen molar-refractivity contribution in [3.63, 3.8) is 0 Å². The average Bonchev–Trinajstić information content (AvgIpc) is 2.90. The van der Waals surface area contributed by atoms with Crippen LogP contribution >= 0.6 is 39.1 Å². The number of fused-ring (bicyclic) bond motifs is 1. The highest BCUT2D eigenvalue weighted by molar-refractivity contribution is 9.10. The van der Waals surface area contributed by atoms with E-state index in [4.69, 9.17) is 27.9 Å². The molecule has 0 fully saturated rings. The summed E-state index contributed by atoms with van der Waals surface area (Å²) >= 11 is 15.4. The number of aliphatic hydroxyl groups excluding tert-OH is 1. The van der Waals surface area contributed by atoms with Crippen LogP contribution in [0.4, 0.5) is 0 Å². The summed E-state index contributed by atoms with van der Waals surface area (Å²) in [6.07, 6.45) is 0.729. The number of rotatable bonds is 3. The molecular formula is C16H13BrCl2O2. The Morgan fingerprint density at radius 1 is 1.19 bits per heavy atom. The molecule has 110 valence electrons. The Balaban J connectivity index is 1.88. The van der Waals surface area contributed by atoms with Crippen molar-refractivity contribution in [3.05, 3.63) is 61.5 Å². The fourth-order valence-corrected chi connectivity index (χ4v) is 3.40. The third-order valence-electron chi connectivity index (χ3n) is 3.57. The van der Waals surface area contributed by atoms with Crippen LogP contribution in [-0.2, 0) is 12.8 Å². The molecule has 0 amide bonds. The van der Waals surface area contributed by atoms with E-state index in [9.17, 15) is 5.11 Å². The molecule has 0 bridgehead atoms. The lowest BCUT2D eigenvalue weighted by molar-refractivity contribution is 0.177. The van der Waals surface area contributed by atoms with Crippen molar-refractivity contribution in [2.75, 3.05) is 6.61 Å². The van der Waals surface area contributed by atoms with E-state index in [2.05, 4.69) is 22.0 Å². The Kier molecular flexibility index (Phi) is 4.46. The van der Waals surface area contributed by atoms with Crippen molar-refractivity contribution in [1.82, 2.24) is 0 Å². The molecule has 3 rings (SSSR count). The first-order valence-corrected chi connectivity index (χ1v) is 8.16. The van der Waals surface area contributed by atoms with E-state index in [1.165, 1.54) is 5.56 Å². The molecule has 1 atom stereocenters. The van der Waals surface area contributed by atoms with Crippen molar-refractivity contribution in [2.24, 2.45) is 0 Å². The van der Waals surface area contributed by atoms with Crippen LogP contribution in [0, 0.1) is 0 Å². The number of hydrogen-bond donors (Lipinski definition) is 1. The SMILES string of the molecule is OC(Cc1cc(Br)cc2c1OCC2)c1ccc(Cl)c(Cl)c1. The Morgan fingerprint density at radius 3 is 2.76 bits per heavy atom. The van der Waals surface area contributed by atoms with Gasteiger partial charge in [-0.05, 0) is 41.0 Å². The van der Waals surface area contributed by atoms with Crippen LogP contribution in [-0.4, -0.2) is 11.7 Å². The van der Waals surface area contributed by atoms with Gasteiger partial charge in [-0.25, -0.2) is 0 Å². The van der Waals surface area contributed by atoms with Gasteiger partial charge in [0.05, 0.1) is 22.8 Å². The average molecular weight is 388 g/mol. The molecule has 1 aliphatic heterocycles. The van der Waals surface area contributed by atoms with Gasteiger partial charge in [0.15, 0.2) is 0 Å².